The zero-order chi connectivity index (χ0) is 18.8. The van der Waals surface area contributed by atoms with Crippen LogP contribution in [0.1, 0.15) is 49.1 Å². The third kappa shape index (κ3) is 4.84. The Kier molecular flexibility index (Phi) is 6.30. The van der Waals surface area contributed by atoms with Gasteiger partial charge in [0.1, 0.15) is 0 Å². The van der Waals surface area contributed by atoms with E-state index in [4.69, 9.17) is 21.1 Å². The predicted molar refractivity (Wildman–Crippen MR) is 104 cm³/mol. The maximum Gasteiger partial charge on any atom is 0.340 e. The molecule has 0 aliphatic heterocycles. The quantitative estimate of drug-likeness (QED) is 0.587. The van der Waals surface area contributed by atoms with Gasteiger partial charge in [-0.05, 0) is 59.2 Å². The van der Waals surface area contributed by atoms with E-state index in [2.05, 4.69) is 6.92 Å². The Morgan fingerprint density at radius 1 is 1.16 bits per heavy atom. The van der Waals surface area contributed by atoms with E-state index in [1.54, 1.807) is 18.3 Å². The number of esters is 1. The number of hydrogen-bond donors (Lipinski definition) is 0. The summed E-state index contributed by atoms with van der Waals surface area (Å²) in [4.78, 5) is 14.9. The standard InChI is InChI=1S/C20H25ClO3S/c1-7-23-19(22)18(24-20(4,5)6)17-13(3)25-12(2)16(17)14-8-10-15(21)11-9-14/h8-11,18H,7H2,1-6H3. The lowest BCUT2D eigenvalue weighted by atomic mass is 9.96. The molecule has 25 heavy (non-hydrogen) atoms. The summed E-state index contributed by atoms with van der Waals surface area (Å²) in [6.45, 7) is 12.0. The minimum Gasteiger partial charge on any atom is -0.464 e. The molecule has 0 radical (unpaired) electrons. The lowest BCUT2D eigenvalue weighted by Crippen LogP contribution is -2.29. The number of aryl methyl sites for hydroxylation is 2. The van der Waals surface area contributed by atoms with Crippen molar-refractivity contribution in [2.75, 3.05) is 6.61 Å². The van der Waals surface area contributed by atoms with E-state index >= 15 is 0 Å². The van der Waals surface area contributed by atoms with Gasteiger partial charge in [-0.3, -0.25) is 0 Å². The Balaban J connectivity index is 2.60. The van der Waals surface area contributed by atoms with E-state index in [0.29, 0.717) is 11.6 Å². The topological polar surface area (TPSA) is 35.5 Å². The summed E-state index contributed by atoms with van der Waals surface area (Å²) in [6, 6.07) is 7.66. The van der Waals surface area contributed by atoms with Gasteiger partial charge in [0.25, 0.3) is 0 Å². The van der Waals surface area contributed by atoms with Crippen molar-refractivity contribution < 1.29 is 14.3 Å². The molecule has 1 atom stereocenters. The number of halogens is 1. The molecule has 1 aromatic carbocycles. The summed E-state index contributed by atoms with van der Waals surface area (Å²) in [6.07, 6.45) is -0.754. The molecule has 0 bridgehead atoms. The van der Waals surface area contributed by atoms with Gasteiger partial charge in [0.05, 0.1) is 12.2 Å². The van der Waals surface area contributed by atoms with Crippen molar-refractivity contribution in [3.05, 3.63) is 44.6 Å². The van der Waals surface area contributed by atoms with Crippen LogP contribution in [-0.4, -0.2) is 18.2 Å². The molecule has 3 nitrogen and oxygen atoms in total. The largest absolute Gasteiger partial charge is 0.464 e. The monoisotopic (exact) mass is 380 g/mol. The molecule has 0 fully saturated rings. The van der Waals surface area contributed by atoms with Gasteiger partial charge < -0.3 is 9.47 Å². The molecule has 1 unspecified atom stereocenters. The maximum atomic E-state index is 12.7. The number of thiophene rings is 1. The second kappa shape index (κ2) is 7.90. The van der Waals surface area contributed by atoms with Crippen LogP contribution in [0.4, 0.5) is 0 Å². The summed E-state index contributed by atoms with van der Waals surface area (Å²) >= 11 is 7.69. The van der Waals surface area contributed by atoms with E-state index in [1.165, 1.54) is 0 Å². The smallest absolute Gasteiger partial charge is 0.340 e. The molecule has 0 saturated heterocycles. The first-order valence-electron chi connectivity index (χ1n) is 8.34. The van der Waals surface area contributed by atoms with Crippen molar-refractivity contribution >= 4 is 28.9 Å². The third-order valence-electron chi connectivity index (χ3n) is 3.67. The van der Waals surface area contributed by atoms with Gasteiger partial charge in [-0.1, -0.05) is 23.7 Å². The van der Waals surface area contributed by atoms with Crippen molar-refractivity contribution in [1.29, 1.82) is 0 Å². The van der Waals surface area contributed by atoms with E-state index in [0.717, 1.165) is 26.4 Å². The highest BCUT2D eigenvalue weighted by atomic mass is 35.5. The second-order valence-electron chi connectivity index (χ2n) is 6.87. The molecule has 0 saturated carbocycles. The van der Waals surface area contributed by atoms with Crippen molar-refractivity contribution in [2.45, 2.75) is 53.2 Å². The van der Waals surface area contributed by atoms with Crippen LogP contribution in [0.2, 0.25) is 5.02 Å². The first-order chi connectivity index (χ1) is 11.6. The van der Waals surface area contributed by atoms with Crippen molar-refractivity contribution in [3.8, 4) is 11.1 Å². The van der Waals surface area contributed by atoms with Gasteiger partial charge in [-0.2, -0.15) is 0 Å². The highest BCUT2D eigenvalue weighted by Crippen LogP contribution is 2.42. The summed E-state index contributed by atoms with van der Waals surface area (Å²) in [5, 5.41) is 0.683. The van der Waals surface area contributed by atoms with E-state index in [1.807, 2.05) is 52.0 Å². The Hall–Kier alpha value is -1.36. The molecule has 2 aromatic rings. The molecule has 5 heteroatoms. The average Bonchev–Trinajstić information content (AvgIpc) is 2.79. The highest BCUT2D eigenvalue weighted by Gasteiger charge is 2.33. The van der Waals surface area contributed by atoms with Gasteiger partial charge in [0, 0.05) is 25.9 Å². The predicted octanol–water partition coefficient (Wildman–Crippen LogP) is 6.10. The zero-order valence-electron chi connectivity index (χ0n) is 15.6. The Morgan fingerprint density at radius 2 is 1.76 bits per heavy atom. The summed E-state index contributed by atoms with van der Waals surface area (Å²) < 4.78 is 11.4. The Labute approximate surface area is 158 Å². The van der Waals surface area contributed by atoms with E-state index < -0.39 is 11.7 Å². The van der Waals surface area contributed by atoms with Gasteiger partial charge in [0.2, 0.25) is 0 Å². The fourth-order valence-electron chi connectivity index (χ4n) is 2.79. The Morgan fingerprint density at radius 3 is 2.28 bits per heavy atom. The number of rotatable bonds is 5. The van der Waals surface area contributed by atoms with Crippen LogP contribution >= 0.6 is 22.9 Å². The molecule has 2 rings (SSSR count). The molecule has 0 N–H and O–H groups in total. The molecular formula is C20H25ClO3S. The number of carbonyl (C=O) groups is 1. The zero-order valence-corrected chi connectivity index (χ0v) is 17.2. The second-order valence-corrected chi connectivity index (χ2v) is 8.74. The maximum absolute atomic E-state index is 12.7. The number of ether oxygens (including phenoxy) is 2. The van der Waals surface area contributed by atoms with Crippen LogP contribution in [0.25, 0.3) is 11.1 Å². The molecule has 0 amide bonds. The van der Waals surface area contributed by atoms with Crippen LogP contribution < -0.4 is 0 Å². The fraction of sp³-hybridized carbons (Fsp3) is 0.450. The molecule has 1 aromatic heterocycles. The van der Waals surface area contributed by atoms with Crippen molar-refractivity contribution in [3.63, 3.8) is 0 Å². The Bertz CT molecular complexity index is 742. The summed E-state index contributed by atoms with van der Waals surface area (Å²) in [7, 11) is 0. The lowest BCUT2D eigenvalue weighted by molar-refractivity contribution is -0.166. The molecule has 0 aliphatic carbocycles. The molecular weight excluding hydrogens is 356 g/mol. The molecule has 0 spiro atoms. The van der Waals surface area contributed by atoms with Crippen LogP contribution in [0.15, 0.2) is 24.3 Å². The van der Waals surface area contributed by atoms with E-state index in [9.17, 15) is 4.79 Å². The van der Waals surface area contributed by atoms with Crippen LogP contribution in [0.5, 0.6) is 0 Å². The average molecular weight is 381 g/mol. The molecule has 136 valence electrons. The van der Waals surface area contributed by atoms with Gasteiger partial charge >= 0.3 is 5.97 Å². The third-order valence-corrected chi connectivity index (χ3v) is 4.96. The number of carbonyl (C=O) groups excluding carboxylic acids is 1. The fourth-order valence-corrected chi connectivity index (χ4v) is 4.02. The van der Waals surface area contributed by atoms with Crippen LogP contribution in [0.3, 0.4) is 0 Å². The minimum atomic E-state index is -0.754. The highest BCUT2D eigenvalue weighted by molar-refractivity contribution is 7.12. The lowest BCUT2D eigenvalue weighted by Gasteiger charge is -2.27. The first kappa shape index (κ1) is 20.0. The minimum absolute atomic E-state index is 0.321. The normalized spacial score (nSPS) is 12.9. The number of hydrogen-bond acceptors (Lipinski definition) is 4. The van der Waals surface area contributed by atoms with Gasteiger partial charge in [-0.25, -0.2) is 4.79 Å². The first-order valence-corrected chi connectivity index (χ1v) is 9.53. The van der Waals surface area contributed by atoms with Crippen LogP contribution in [-0.2, 0) is 14.3 Å². The van der Waals surface area contributed by atoms with Crippen molar-refractivity contribution in [1.82, 2.24) is 0 Å². The van der Waals surface area contributed by atoms with Crippen LogP contribution in [0, 0.1) is 13.8 Å². The van der Waals surface area contributed by atoms with E-state index in [-0.39, 0.29) is 5.97 Å². The van der Waals surface area contributed by atoms with Gasteiger partial charge in [-0.15, -0.1) is 11.3 Å². The summed E-state index contributed by atoms with van der Waals surface area (Å²) in [5.74, 6) is -0.353. The summed E-state index contributed by atoms with van der Waals surface area (Å²) in [5.41, 5.74) is 2.46. The number of benzene rings is 1. The SMILES string of the molecule is CCOC(=O)C(OC(C)(C)C)c1c(C)sc(C)c1-c1ccc(Cl)cc1. The molecule has 1 heterocycles. The molecule has 0 aliphatic rings. The van der Waals surface area contributed by atoms with Crippen molar-refractivity contribution in [2.24, 2.45) is 0 Å². The van der Waals surface area contributed by atoms with Gasteiger partial charge in [0.15, 0.2) is 6.10 Å².